The van der Waals surface area contributed by atoms with Crippen molar-refractivity contribution < 1.29 is 18.8 Å². The van der Waals surface area contributed by atoms with E-state index in [-0.39, 0.29) is 17.3 Å². The van der Waals surface area contributed by atoms with Gasteiger partial charge in [0.2, 0.25) is 0 Å². The van der Waals surface area contributed by atoms with Gasteiger partial charge in [-0.1, -0.05) is 94.3 Å². The van der Waals surface area contributed by atoms with Crippen LogP contribution in [0.3, 0.4) is 0 Å². The second-order valence-corrected chi connectivity index (χ2v) is 11.6. The normalized spacial score (nSPS) is 21.9. The lowest BCUT2D eigenvalue weighted by Gasteiger charge is -2.37. The van der Waals surface area contributed by atoms with E-state index in [1.54, 1.807) is 54.6 Å². The molecule has 4 nitrogen and oxygen atoms in total. The molecule has 1 spiro atoms. The zero-order chi connectivity index (χ0) is 27.8. The Kier molecular flexibility index (Phi) is 5.55. The third-order valence-corrected chi connectivity index (χ3v) is 9.13. The minimum atomic E-state index is -1.58. The number of anilines is 1. The smallest absolute Gasteiger partial charge is 0.185 e. The number of rotatable bonds is 3. The Hall–Kier alpha value is -4.16. The minimum absolute atomic E-state index is 0.197. The Morgan fingerprint density at radius 1 is 0.875 bits per heavy atom. The summed E-state index contributed by atoms with van der Waals surface area (Å²) in [6.07, 6.45) is 3.57. The molecule has 40 heavy (non-hydrogen) atoms. The number of halogens is 2. The van der Waals surface area contributed by atoms with Crippen LogP contribution in [0.1, 0.15) is 53.7 Å². The monoisotopic (exact) mass is 591 g/mol. The largest absolute Gasteiger partial charge is 0.352 e. The van der Waals surface area contributed by atoms with Crippen LogP contribution in [0.5, 0.6) is 0 Å². The van der Waals surface area contributed by atoms with Crippen LogP contribution >= 0.6 is 15.9 Å². The third kappa shape index (κ3) is 3.32. The molecule has 4 aromatic carbocycles. The van der Waals surface area contributed by atoms with Crippen molar-refractivity contribution in [3.05, 3.63) is 141 Å². The van der Waals surface area contributed by atoms with Gasteiger partial charge in [-0.15, -0.1) is 0 Å². The van der Waals surface area contributed by atoms with Crippen LogP contribution in [0.25, 0.3) is 6.08 Å². The molecule has 2 aliphatic heterocycles. The van der Waals surface area contributed by atoms with E-state index in [0.717, 1.165) is 15.6 Å². The van der Waals surface area contributed by atoms with Crippen LogP contribution in [-0.2, 0) is 0 Å². The Bertz CT molecular complexity index is 1720. The van der Waals surface area contributed by atoms with Crippen LogP contribution in [0.4, 0.5) is 10.1 Å². The molecular formula is C34H23BrFNO3. The van der Waals surface area contributed by atoms with E-state index < -0.39 is 29.2 Å². The number of hydrogen-bond acceptors (Lipinski definition) is 4. The van der Waals surface area contributed by atoms with Crippen molar-refractivity contribution in [3.8, 4) is 0 Å². The number of carbonyl (C=O) groups excluding carboxylic acids is 3. The fourth-order valence-electron chi connectivity index (χ4n) is 6.88. The maximum Gasteiger partial charge on any atom is 0.185 e. The van der Waals surface area contributed by atoms with Crippen molar-refractivity contribution in [3.63, 3.8) is 0 Å². The average Bonchev–Trinajstić information content (AvgIpc) is 3.39. The Balaban J connectivity index is 1.54. The molecule has 2 heterocycles. The number of aryl methyl sites for hydroxylation is 1. The van der Waals surface area contributed by atoms with Gasteiger partial charge < -0.3 is 4.90 Å². The summed E-state index contributed by atoms with van der Waals surface area (Å²) in [5, 5.41) is 0. The number of nitrogens with zero attached hydrogens (tertiary/aromatic N) is 1. The van der Waals surface area contributed by atoms with Gasteiger partial charge in [-0.25, -0.2) is 4.39 Å². The Morgan fingerprint density at radius 2 is 1.52 bits per heavy atom. The van der Waals surface area contributed by atoms with E-state index in [9.17, 15) is 18.8 Å². The van der Waals surface area contributed by atoms with Crippen molar-refractivity contribution in [1.29, 1.82) is 0 Å². The number of fused-ring (bicyclic) bond motifs is 5. The second-order valence-electron chi connectivity index (χ2n) is 10.7. The molecule has 0 unspecified atom stereocenters. The first-order valence-electron chi connectivity index (χ1n) is 13.1. The lowest BCUT2D eigenvalue weighted by molar-refractivity contribution is 0.0666. The van der Waals surface area contributed by atoms with Gasteiger partial charge in [-0.2, -0.15) is 0 Å². The van der Waals surface area contributed by atoms with Gasteiger partial charge in [0, 0.05) is 38.3 Å². The number of benzene rings is 4. The maximum atomic E-state index is 14.6. The summed E-state index contributed by atoms with van der Waals surface area (Å²) in [4.78, 5) is 45.7. The molecule has 1 saturated heterocycles. The fourth-order valence-corrected chi connectivity index (χ4v) is 7.14. The van der Waals surface area contributed by atoms with Gasteiger partial charge in [0.05, 0.1) is 6.04 Å². The highest BCUT2D eigenvalue weighted by atomic mass is 79.9. The van der Waals surface area contributed by atoms with Gasteiger partial charge in [0.15, 0.2) is 17.3 Å². The lowest BCUT2D eigenvalue weighted by Crippen LogP contribution is -2.48. The standard InChI is InChI=1S/C34H23BrFNO3/c1-19-6-8-21(9-7-19)31(38)30-29(20-10-13-23(35)14-11-20)34(32(39)25-4-2-3-5-26(25)33(34)40)28-17-12-22-18-24(36)15-16-27(22)37(28)30/h2-18,28-30H,1H3/t28-,29+,30-/m0/s1. The molecule has 7 rings (SSSR count). The highest BCUT2D eigenvalue weighted by Gasteiger charge is 2.71. The number of Topliss-reactive ketones (excluding diaryl/α,β-unsaturated/α-hetero) is 3. The summed E-state index contributed by atoms with van der Waals surface area (Å²) in [6.45, 7) is 1.95. The zero-order valence-electron chi connectivity index (χ0n) is 21.5. The molecule has 0 N–H and O–H groups in total. The number of ketones is 3. The first-order chi connectivity index (χ1) is 19.3. The average molecular weight is 592 g/mol. The SMILES string of the molecule is Cc1ccc(C(=O)[C@@H]2[C@@H](c3ccc(Br)cc3)C3(C(=O)c4ccccc4C3=O)[C@@H]3C=Cc4cc(F)ccc4N23)cc1. The number of carbonyl (C=O) groups is 3. The van der Waals surface area contributed by atoms with Crippen molar-refractivity contribution in [2.24, 2.45) is 5.41 Å². The quantitative estimate of drug-likeness (QED) is 0.186. The molecule has 0 bridgehead atoms. The van der Waals surface area contributed by atoms with Crippen molar-refractivity contribution in [2.75, 3.05) is 4.90 Å². The van der Waals surface area contributed by atoms with Crippen molar-refractivity contribution in [1.82, 2.24) is 0 Å². The minimum Gasteiger partial charge on any atom is -0.352 e. The van der Waals surface area contributed by atoms with Crippen LogP contribution in [0.2, 0.25) is 0 Å². The predicted molar refractivity (Wildman–Crippen MR) is 155 cm³/mol. The topological polar surface area (TPSA) is 54.5 Å². The summed E-state index contributed by atoms with van der Waals surface area (Å²) in [5.41, 5.74) is 2.60. The van der Waals surface area contributed by atoms with Crippen molar-refractivity contribution >= 4 is 45.0 Å². The molecule has 6 heteroatoms. The van der Waals surface area contributed by atoms with E-state index >= 15 is 0 Å². The summed E-state index contributed by atoms with van der Waals surface area (Å²) in [5.74, 6) is -1.97. The third-order valence-electron chi connectivity index (χ3n) is 8.60. The molecule has 196 valence electrons. The van der Waals surface area contributed by atoms with Gasteiger partial charge in [0.1, 0.15) is 17.3 Å². The van der Waals surface area contributed by atoms with Gasteiger partial charge in [-0.05, 0) is 42.8 Å². The Morgan fingerprint density at radius 3 is 2.17 bits per heavy atom. The van der Waals surface area contributed by atoms with E-state index in [2.05, 4.69) is 15.9 Å². The zero-order valence-corrected chi connectivity index (χ0v) is 23.1. The van der Waals surface area contributed by atoms with Crippen molar-refractivity contribution in [2.45, 2.75) is 24.9 Å². The molecule has 0 radical (unpaired) electrons. The number of hydrogen-bond donors (Lipinski definition) is 0. The summed E-state index contributed by atoms with van der Waals surface area (Å²) < 4.78 is 15.2. The van der Waals surface area contributed by atoms with Crippen LogP contribution < -0.4 is 4.90 Å². The maximum absolute atomic E-state index is 14.6. The van der Waals surface area contributed by atoms with Gasteiger partial charge >= 0.3 is 0 Å². The molecule has 0 amide bonds. The van der Waals surface area contributed by atoms with Gasteiger partial charge in [0.25, 0.3) is 0 Å². The Labute approximate surface area is 239 Å². The van der Waals surface area contributed by atoms with E-state index in [1.165, 1.54) is 12.1 Å². The molecule has 4 aromatic rings. The van der Waals surface area contributed by atoms with Crippen LogP contribution in [0, 0.1) is 18.2 Å². The lowest BCUT2D eigenvalue weighted by atomic mass is 9.64. The molecule has 1 aliphatic carbocycles. The molecule has 0 saturated carbocycles. The van der Waals surface area contributed by atoms with E-state index in [1.807, 2.05) is 48.2 Å². The van der Waals surface area contributed by atoms with Crippen LogP contribution in [-0.4, -0.2) is 29.4 Å². The molecule has 3 aliphatic rings. The highest BCUT2D eigenvalue weighted by Crippen LogP contribution is 2.61. The molecule has 1 fully saturated rings. The predicted octanol–water partition coefficient (Wildman–Crippen LogP) is 7.21. The van der Waals surface area contributed by atoms with E-state index in [4.69, 9.17) is 0 Å². The molecule has 0 aromatic heterocycles. The first kappa shape index (κ1) is 24.9. The summed E-state index contributed by atoms with van der Waals surface area (Å²) >= 11 is 3.49. The molecule has 3 atom stereocenters. The summed E-state index contributed by atoms with van der Waals surface area (Å²) in [6, 6.07) is 24.5. The van der Waals surface area contributed by atoms with Gasteiger partial charge in [-0.3, -0.25) is 14.4 Å². The van der Waals surface area contributed by atoms with Crippen LogP contribution in [0.15, 0.2) is 102 Å². The van der Waals surface area contributed by atoms with E-state index in [0.29, 0.717) is 27.9 Å². The first-order valence-corrected chi connectivity index (χ1v) is 13.9. The fraction of sp³-hybridized carbons (Fsp3) is 0.147. The summed E-state index contributed by atoms with van der Waals surface area (Å²) in [7, 11) is 0. The highest BCUT2D eigenvalue weighted by molar-refractivity contribution is 9.10. The second kappa shape index (κ2) is 8.93. The molecular weight excluding hydrogens is 569 g/mol.